The first kappa shape index (κ1) is 18.2. The van der Waals surface area contributed by atoms with E-state index in [9.17, 15) is 4.79 Å². The third kappa shape index (κ3) is 3.97. The minimum absolute atomic E-state index is 0.0605. The lowest BCUT2D eigenvalue weighted by atomic mass is 9.79. The molecule has 6 nitrogen and oxygen atoms in total. The molecule has 138 valence electrons. The number of ether oxygens (including phenoxy) is 1. The third-order valence-corrected chi connectivity index (χ3v) is 5.75. The molecule has 25 heavy (non-hydrogen) atoms. The number of carbonyl (C=O) groups is 1. The maximum Gasteiger partial charge on any atom is 0.257 e. The molecular weight excluding hydrogens is 336 g/mol. The number of nitrogens with one attached hydrogen (secondary N) is 2. The van der Waals surface area contributed by atoms with Crippen molar-refractivity contribution in [1.29, 1.82) is 0 Å². The maximum atomic E-state index is 13.0. The topological polar surface area (TPSA) is 88.7 Å². The highest BCUT2D eigenvalue weighted by molar-refractivity contribution is 7.80. The zero-order valence-electron chi connectivity index (χ0n) is 14.9. The Kier molecular flexibility index (Phi) is 5.61. The first-order valence-corrected chi connectivity index (χ1v) is 9.77. The average molecular weight is 365 g/mol. The summed E-state index contributed by atoms with van der Waals surface area (Å²) in [6.45, 7) is 2.00. The second-order valence-electron chi connectivity index (χ2n) is 7.36. The van der Waals surface area contributed by atoms with Crippen molar-refractivity contribution in [3.05, 3.63) is 11.1 Å². The van der Waals surface area contributed by atoms with E-state index in [1.54, 1.807) is 0 Å². The molecule has 2 saturated carbocycles. The van der Waals surface area contributed by atoms with Crippen LogP contribution < -0.4 is 16.5 Å². The number of nitrogens with zero attached hydrogens (tertiary/aromatic N) is 1. The highest BCUT2D eigenvalue weighted by Gasteiger charge is 2.47. The molecule has 1 aliphatic heterocycles. The van der Waals surface area contributed by atoms with Gasteiger partial charge in [-0.2, -0.15) is 0 Å². The van der Waals surface area contributed by atoms with Crippen molar-refractivity contribution in [2.45, 2.75) is 82.8 Å². The summed E-state index contributed by atoms with van der Waals surface area (Å²) >= 11 is 4.83. The summed E-state index contributed by atoms with van der Waals surface area (Å²) in [5.74, 6) is 0.232. The molecule has 4 N–H and O–H groups in total. The van der Waals surface area contributed by atoms with Gasteiger partial charge in [-0.3, -0.25) is 10.2 Å². The lowest BCUT2D eigenvalue weighted by Crippen LogP contribution is -2.38. The highest BCUT2D eigenvalue weighted by Crippen LogP contribution is 2.44. The molecular formula is C18H28N4O2S. The Bertz CT molecular complexity index is 602. The van der Waals surface area contributed by atoms with E-state index in [0.29, 0.717) is 11.5 Å². The van der Waals surface area contributed by atoms with Gasteiger partial charge in [-0.1, -0.05) is 25.7 Å². The van der Waals surface area contributed by atoms with E-state index in [1.807, 2.05) is 6.92 Å². The lowest BCUT2D eigenvalue weighted by molar-refractivity contribution is -0.117. The summed E-state index contributed by atoms with van der Waals surface area (Å²) in [5.41, 5.74) is 9.21. The summed E-state index contributed by atoms with van der Waals surface area (Å²) in [5, 5.41) is 7.42. The van der Waals surface area contributed by atoms with Gasteiger partial charge in [0.25, 0.3) is 5.91 Å². The Hall–Kier alpha value is -1.63. The molecule has 0 atom stereocenters. The van der Waals surface area contributed by atoms with Gasteiger partial charge in [0.15, 0.2) is 5.11 Å². The second kappa shape index (κ2) is 7.72. The summed E-state index contributed by atoms with van der Waals surface area (Å²) in [6, 6.07) is 0.245. The minimum Gasteiger partial charge on any atom is -0.465 e. The maximum absolute atomic E-state index is 13.0. The van der Waals surface area contributed by atoms with Gasteiger partial charge < -0.3 is 15.8 Å². The predicted molar refractivity (Wildman–Crippen MR) is 102 cm³/mol. The van der Waals surface area contributed by atoms with Gasteiger partial charge >= 0.3 is 0 Å². The number of rotatable bonds is 3. The Morgan fingerprint density at radius 3 is 2.48 bits per heavy atom. The Balaban J connectivity index is 1.84. The standard InChI is InChI=1S/C18H28N4O2S/c1-12-14(15(23)20-13-8-4-2-5-9-13)16(21-22-17(19)25)24-18(12)10-6-3-7-11-18/h13H,2-11H2,1H3,(H,20,23)(H3,19,22,25). The lowest BCUT2D eigenvalue weighted by Gasteiger charge is -2.34. The van der Waals surface area contributed by atoms with Gasteiger partial charge in [0, 0.05) is 6.04 Å². The van der Waals surface area contributed by atoms with E-state index in [0.717, 1.165) is 44.1 Å². The monoisotopic (exact) mass is 364 g/mol. The highest BCUT2D eigenvalue weighted by atomic mass is 32.1. The predicted octanol–water partition coefficient (Wildman–Crippen LogP) is 2.63. The van der Waals surface area contributed by atoms with E-state index in [-0.39, 0.29) is 17.1 Å². The van der Waals surface area contributed by atoms with Crippen LogP contribution in [-0.4, -0.2) is 28.6 Å². The number of nitrogens with two attached hydrogens (primary N) is 1. The molecule has 1 spiro atoms. The van der Waals surface area contributed by atoms with Crippen molar-refractivity contribution in [1.82, 2.24) is 10.7 Å². The number of thiocarbonyl (C=S) groups is 1. The number of hydrazone groups is 1. The largest absolute Gasteiger partial charge is 0.465 e. The molecule has 2 aliphatic carbocycles. The van der Waals surface area contributed by atoms with Crippen LogP contribution in [0.5, 0.6) is 0 Å². The van der Waals surface area contributed by atoms with Crippen LogP contribution in [0.15, 0.2) is 16.2 Å². The first-order chi connectivity index (χ1) is 12.0. The quantitative estimate of drug-likeness (QED) is 0.529. The smallest absolute Gasteiger partial charge is 0.257 e. The van der Waals surface area contributed by atoms with Crippen LogP contribution in [-0.2, 0) is 9.53 Å². The molecule has 0 aromatic rings. The van der Waals surface area contributed by atoms with Crippen molar-refractivity contribution >= 4 is 29.1 Å². The molecule has 0 unspecified atom stereocenters. The van der Waals surface area contributed by atoms with Crippen LogP contribution in [0.3, 0.4) is 0 Å². The van der Waals surface area contributed by atoms with Gasteiger partial charge in [0.05, 0.1) is 0 Å². The molecule has 1 amide bonds. The molecule has 1 heterocycles. The van der Waals surface area contributed by atoms with E-state index >= 15 is 0 Å². The van der Waals surface area contributed by atoms with Crippen molar-refractivity contribution < 1.29 is 9.53 Å². The fraction of sp³-hybridized carbons (Fsp3) is 0.722. The fourth-order valence-electron chi connectivity index (χ4n) is 4.26. The summed E-state index contributed by atoms with van der Waals surface area (Å²) < 4.78 is 6.21. The number of amides is 1. The summed E-state index contributed by atoms with van der Waals surface area (Å²) in [7, 11) is 0. The number of carbonyl (C=O) groups excluding carboxylic acids is 1. The minimum atomic E-state index is -0.395. The molecule has 0 aromatic carbocycles. The van der Waals surface area contributed by atoms with Crippen LogP contribution in [0.4, 0.5) is 0 Å². The van der Waals surface area contributed by atoms with Crippen LogP contribution in [0, 0.1) is 0 Å². The molecule has 3 rings (SSSR count). The first-order valence-electron chi connectivity index (χ1n) is 9.36. The van der Waals surface area contributed by atoms with E-state index < -0.39 is 5.60 Å². The zero-order valence-corrected chi connectivity index (χ0v) is 15.7. The van der Waals surface area contributed by atoms with Crippen LogP contribution in [0.1, 0.15) is 71.1 Å². The zero-order chi connectivity index (χ0) is 17.9. The van der Waals surface area contributed by atoms with Crippen LogP contribution in [0.2, 0.25) is 0 Å². The van der Waals surface area contributed by atoms with Crippen molar-refractivity contribution in [2.24, 2.45) is 10.8 Å². The van der Waals surface area contributed by atoms with Crippen LogP contribution >= 0.6 is 12.2 Å². The van der Waals surface area contributed by atoms with Gasteiger partial charge in [0.1, 0.15) is 11.2 Å². The van der Waals surface area contributed by atoms with E-state index in [2.05, 4.69) is 15.8 Å². The Morgan fingerprint density at radius 1 is 1.20 bits per heavy atom. The third-order valence-electron chi connectivity index (χ3n) is 5.66. The van der Waals surface area contributed by atoms with Gasteiger partial charge in [0.2, 0.25) is 5.90 Å². The normalized spacial score (nSPS) is 25.1. The molecule has 7 heteroatoms. The van der Waals surface area contributed by atoms with E-state index in [4.69, 9.17) is 22.7 Å². The molecule has 0 saturated heterocycles. The Morgan fingerprint density at radius 2 is 1.84 bits per heavy atom. The van der Waals surface area contributed by atoms with Crippen LogP contribution in [0.25, 0.3) is 0 Å². The molecule has 0 radical (unpaired) electrons. The van der Waals surface area contributed by atoms with Gasteiger partial charge in [-0.15, -0.1) is 5.10 Å². The van der Waals surface area contributed by atoms with Crippen molar-refractivity contribution in [3.8, 4) is 0 Å². The molecule has 3 aliphatic rings. The van der Waals surface area contributed by atoms with Crippen molar-refractivity contribution in [2.75, 3.05) is 0 Å². The SMILES string of the molecule is CC1=C(C(=O)NC2CCCCC2)C(=NNC(N)=S)OC12CCCCC2. The number of hydrogen-bond donors (Lipinski definition) is 3. The Labute approximate surface area is 154 Å². The molecule has 2 fully saturated rings. The van der Waals surface area contributed by atoms with Crippen molar-refractivity contribution in [3.63, 3.8) is 0 Å². The van der Waals surface area contributed by atoms with E-state index in [1.165, 1.54) is 25.7 Å². The van der Waals surface area contributed by atoms with Gasteiger partial charge in [-0.05, 0) is 63.2 Å². The molecule has 0 aromatic heterocycles. The number of hydrogen-bond acceptors (Lipinski definition) is 4. The summed E-state index contributed by atoms with van der Waals surface area (Å²) in [4.78, 5) is 13.0. The average Bonchev–Trinajstić information content (AvgIpc) is 2.86. The fourth-order valence-corrected chi connectivity index (χ4v) is 4.30. The van der Waals surface area contributed by atoms with Gasteiger partial charge in [-0.25, -0.2) is 0 Å². The molecule has 0 bridgehead atoms. The second-order valence-corrected chi connectivity index (χ2v) is 7.80. The summed E-state index contributed by atoms with van der Waals surface area (Å²) in [6.07, 6.45) is 10.9.